The molecule has 6 heteroatoms. The van der Waals surface area contributed by atoms with E-state index in [1.54, 1.807) is 0 Å². The average molecular weight is 190 g/mol. The SMILES string of the molecule is CCC[C@@H](N)C(=O)NOCC(=O)O. The van der Waals surface area contributed by atoms with Crippen molar-refractivity contribution >= 4 is 11.9 Å². The first kappa shape index (κ1) is 11.9. The van der Waals surface area contributed by atoms with Crippen LogP contribution in [0.4, 0.5) is 0 Å². The fraction of sp³-hybridized carbons (Fsp3) is 0.714. The molecular weight excluding hydrogens is 176 g/mol. The lowest BCUT2D eigenvalue weighted by Crippen LogP contribution is -2.41. The predicted octanol–water partition coefficient (Wildman–Crippen LogP) is -0.754. The van der Waals surface area contributed by atoms with Crippen molar-refractivity contribution < 1.29 is 19.5 Å². The van der Waals surface area contributed by atoms with Gasteiger partial charge in [0.2, 0.25) is 0 Å². The van der Waals surface area contributed by atoms with Crippen LogP contribution in [0.2, 0.25) is 0 Å². The van der Waals surface area contributed by atoms with Gasteiger partial charge in [-0.05, 0) is 6.42 Å². The third-order valence-electron chi connectivity index (χ3n) is 1.30. The molecule has 0 radical (unpaired) electrons. The summed E-state index contributed by atoms with van der Waals surface area (Å²) >= 11 is 0. The number of rotatable bonds is 6. The lowest BCUT2D eigenvalue weighted by molar-refractivity contribution is -0.149. The zero-order valence-electron chi connectivity index (χ0n) is 7.45. The molecule has 0 rings (SSSR count). The third-order valence-corrected chi connectivity index (χ3v) is 1.30. The van der Waals surface area contributed by atoms with Gasteiger partial charge in [0, 0.05) is 0 Å². The summed E-state index contributed by atoms with van der Waals surface area (Å²) in [5, 5.41) is 8.16. The van der Waals surface area contributed by atoms with Crippen molar-refractivity contribution in [1.82, 2.24) is 5.48 Å². The van der Waals surface area contributed by atoms with Crippen LogP contribution >= 0.6 is 0 Å². The standard InChI is InChI=1S/C7H14N2O4/c1-2-3-5(8)7(12)9-13-4-6(10)11/h5H,2-4,8H2,1H3,(H,9,12)(H,10,11)/t5-/m1/s1. The molecule has 76 valence electrons. The minimum Gasteiger partial charge on any atom is -0.479 e. The summed E-state index contributed by atoms with van der Waals surface area (Å²) in [7, 11) is 0. The van der Waals surface area contributed by atoms with Crippen LogP contribution in [0.25, 0.3) is 0 Å². The fourth-order valence-corrected chi connectivity index (χ4v) is 0.687. The van der Waals surface area contributed by atoms with Gasteiger partial charge in [-0.25, -0.2) is 10.3 Å². The Kier molecular flexibility index (Phi) is 5.82. The molecule has 0 bridgehead atoms. The summed E-state index contributed by atoms with van der Waals surface area (Å²) in [6.45, 7) is 1.33. The lowest BCUT2D eigenvalue weighted by Gasteiger charge is -2.09. The molecule has 0 aliphatic rings. The third kappa shape index (κ3) is 6.06. The molecule has 1 amide bonds. The van der Waals surface area contributed by atoms with Crippen molar-refractivity contribution in [3.63, 3.8) is 0 Å². The molecule has 0 heterocycles. The van der Waals surface area contributed by atoms with Crippen LogP contribution in [0.15, 0.2) is 0 Å². The molecule has 0 aliphatic carbocycles. The molecule has 0 fully saturated rings. The van der Waals surface area contributed by atoms with Gasteiger partial charge in [-0.2, -0.15) is 0 Å². The quantitative estimate of drug-likeness (QED) is 0.478. The summed E-state index contributed by atoms with van der Waals surface area (Å²) in [6, 6.07) is -0.640. The van der Waals surface area contributed by atoms with Crippen LogP contribution in [-0.2, 0) is 14.4 Å². The van der Waals surface area contributed by atoms with E-state index in [1.807, 2.05) is 12.4 Å². The van der Waals surface area contributed by atoms with Crippen LogP contribution in [-0.4, -0.2) is 29.6 Å². The Balaban J connectivity index is 3.55. The molecule has 0 aromatic rings. The number of carboxylic acid groups (broad SMARTS) is 1. The van der Waals surface area contributed by atoms with Gasteiger partial charge in [-0.3, -0.25) is 9.63 Å². The lowest BCUT2D eigenvalue weighted by atomic mass is 10.2. The van der Waals surface area contributed by atoms with Crippen molar-refractivity contribution in [3.05, 3.63) is 0 Å². The first-order chi connectivity index (χ1) is 6.07. The van der Waals surface area contributed by atoms with E-state index in [0.717, 1.165) is 6.42 Å². The van der Waals surface area contributed by atoms with Gasteiger partial charge >= 0.3 is 5.97 Å². The molecule has 0 saturated carbocycles. The van der Waals surface area contributed by atoms with Crippen LogP contribution < -0.4 is 11.2 Å². The molecule has 6 nitrogen and oxygen atoms in total. The van der Waals surface area contributed by atoms with Crippen LogP contribution in [0.1, 0.15) is 19.8 Å². The molecule has 0 spiro atoms. The van der Waals surface area contributed by atoms with E-state index < -0.39 is 24.5 Å². The number of carboxylic acids is 1. The summed E-state index contributed by atoms with van der Waals surface area (Å²) in [6.07, 6.45) is 1.33. The molecule has 0 aliphatic heterocycles. The Hall–Kier alpha value is -1.14. The van der Waals surface area contributed by atoms with Gasteiger partial charge in [-0.15, -0.1) is 0 Å². The first-order valence-corrected chi connectivity index (χ1v) is 3.97. The number of carbonyl (C=O) groups excluding carboxylic acids is 1. The molecular formula is C7H14N2O4. The summed E-state index contributed by atoms with van der Waals surface area (Å²) < 4.78 is 0. The zero-order chi connectivity index (χ0) is 10.3. The Bertz CT molecular complexity index is 183. The van der Waals surface area contributed by atoms with Crippen molar-refractivity contribution in [1.29, 1.82) is 0 Å². The van der Waals surface area contributed by atoms with Gasteiger partial charge in [0.1, 0.15) is 0 Å². The van der Waals surface area contributed by atoms with E-state index in [-0.39, 0.29) is 0 Å². The van der Waals surface area contributed by atoms with Crippen molar-refractivity contribution in [2.24, 2.45) is 5.73 Å². The van der Waals surface area contributed by atoms with Crippen molar-refractivity contribution in [2.75, 3.05) is 6.61 Å². The maximum Gasteiger partial charge on any atom is 0.332 e. The Morgan fingerprint density at radius 1 is 1.62 bits per heavy atom. The Labute approximate surface area is 76.0 Å². The second-order valence-corrected chi connectivity index (χ2v) is 2.54. The van der Waals surface area contributed by atoms with Gasteiger partial charge in [0.15, 0.2) is 6.61 Å². The highest BCUT2D eigenvalue weighted by Crippen LogP contribution is 1.92. The molecule has 1 atom stereocenters. The highest BCUT2D eigenvalue weighted by Gasteiger charge is 2.12. The largest absolute Gasteiger partial charge is 0.479 e. The number of amides is 1. The maximum absolute atomic E-state index is 11.0. The summed E-state index contributed by atoms with van der Waals surface area (Å²) in [4.78, 5) is 25.3. The fourth-order valence-electron chi connectivity index (χ4n) is 0.687. The molecule has 13 heavy (non-hydrogen) atoms. The van der Waals surface area contributed by atoms with E-state index in [2.05, 4.69) is 4.84 Å². The highest BCUT2D eigenvalue weighted by molar-refractivity contribution is 5.80. The van der Waals surface area contributed by atoms with E-state index in [0.29, 0.717) is 6.42 Å². The van der Waals surface area contributed by atoms with Gasteiger partial charge in [-0.1, -0.05) is 13.3 Å². The van der Waals surface area contributed by atoms with E-state index in [9.17, 15) is 9.59 Å². The number of nitrogens with one attached hydrogen (secondary N) is 1. The normalized spacial score (nSPS) is 12.2. The van der Waals surface area contributed by atoms with E-state index in [4.69, 9.17) is 10.8 Å². The second kappa shape index (κ2) is 6.38. The first-order valence-electron chi connectivity index (χ1n) is 3.97. The van der Waals surface area contributed by atoms with Crippen molar-refractivity contribution in [2.45, 2.75) is 25.8 Å². The van der Waals surface area contributed by atoms with Crippen LogP contribution in [0.5, 0.6) is 0 Å². The minimum atomic E-state index is -1.15. The van der Waals surface area contributed by atoms with Crippen molar-refractivity contribution in [3.8, 4) is 0 Å². The maximum atomic E-state index is 11.0. The van der Waals surface area contributed by atoms with E-state index in [1.165, 1.54) is 0 Å². The Morgan fingerprint density at radius 2 is 2.23 bits per heavy atom. The Morgan fingerprint density at radius 3 is 2.69 bits per heavy atom. The molecule has 0 aromatic carbocycles. The van der Waals surface area contributed by atoms with Crippen LogP contribution in [0.3, 0.4) is 0 Å². The number of hydrogen-bond donors (Lipinski definition) is 3. The summed E-state index contributed by atoms with van der Waals surface area (Å²) in [5.74, 6) is -1.65. The van der Waals surface area contributed by atoms with Crippen LogP contribution in [0, 0.1) is 0 Å². The average Bonchev–Trinajstić information content (AvgIpc) is 2.04. The summed E-state index contributed by atoms with van der Waals surface area (Å²) in [5.41, 5.74) is 7.36. The number of carbonyl (C=O) groups is 2. The topological polar surface area (TPSA) is 102 Å². The molecule has 0 saturated heterocycles. The number of hydroxylamine groups is 1. The second-order valence-electron chi connectivity index (χ2n) is 2.54. The van der Waals surface area contributed by atoms with Gasteiger partial charge < -0.3 is 10.8 Å². The predicted molar refractivity (Wildman–Crippen MR) is 44.6 cm³/mol. The number of aliphatic carboxylic acids is 1. The molecule has 4 N–H and O–H groups in total. The van der Waals surface area contributed by atoms with Gasteiger partial charge in [0.05, 0.1) is 6.04 Å². The van der Waals surface area contributed by atoms with Gasteiger partial charge in [0.25, 0.3) is 5.91 Å². The smallest absolute Gasteiger partial charge is 0.332 e. The highest BCUT2D eigenvalue weighted by atomic mass is 16.7. The molecule has 0 unspecified atom stereocenters. The molecule has 0 aromatic heterocycles. The zero-order valence-corrected chi connectivity index (χ0v) is 7.45. The number of hydrogen-bond acceptors (Lipinski definition) is 4. The monoisotopic (exact) mass is 190 g/mol. The van der Waals surface area contributed by atoms with E-state index >= 15 is 0 Å². The minimum absolute atomic E-state index is 0.497. The number of nitrogens with two attached hydrogens (primary N) is 1.